The lowest BCUT2D eigenvalue weighted by atomic mass is 10.2. The van der Waals surface area contributed by atoms with Gasteiger partial charge in [0.2, 0.25) is 5.91 Å². The van der Waals surface area contributed by atoms with Gasteiger partial charge in [-0.25, -0.2) is 9.59 Å². The smallest absolute Gasteiger partial charge is 0.408 e. The van der Waals surface area contributed by atoms with Gasteiger partial charge in [-0.05, 0) is 39.5 Å². The van der Waals surface area contributed by atoms with Crippen molar-refractivity contribution < 1.29 is 28.6 Å². The normalized spacial score (nSPS) is 13.9. The lowest BCUT2D eigenvalue weighted by molar-refractivity contribution is -0.151. The number of nitrogens with one attached hydrogen (secondary N) is 2. The molecule has 0 spiro atoms. The number of amides is 2. The first-order valence-corrected chi connectivity index (χ1v) is 9.36. The molecule has 0 bridgehead atoms. The van der Waals surface area contributed by atoms with Gasteiger partial charge < -0.3 is 24.8 Å². The SMILES string of the molecule is CC(C)COCC(NC(=O)[C@H](C)NC(=O)OC(C)(C)C)C(=O)OCC(C)C. The summed E-state index contributed by atoms with van der Waals surface area (Å²) in [5.74, 6) is -0.624. The zero-order valence-electron chi connectivity index (χ0n) is 17.9. The Kier molecular flexibility index (Phi) is 11.0. The molecule has 1 unspecified atom stereocenters. The highest BCUT2D eigenvalue weighted by Gasteiger charge is 2.27. The first-order valence-electron chi connectivity index (χ1n) is 9.36. The molecular formula is C19H36N2O6. The molecule has 0 fully saturated rings. The molecule has 0 aliphatic rings. The third-order valence-electron chi connectivity index (χ3n) is 3.02. The molecule has 0 saturated carbocycles. The van der Waals surface area contributed by atoms with Crippen LogP contribution in [0.1, 0.15) is 55.4 Å². The van der Waals surface area contributed by atoms with Gasteiger partial charge in [0.15, 0.2) is 6.04 Å². The van der Waals surface area contributed by atoms with Gasteiger partial charge in [-0.3, -0.25) is 4.79 Å². The van der Waals surface area contributed by atoms with E-state index >= 15 is 0 Å². The van der Waals surface area contributed by atoms with Crippen LogP contribution in [0.3, 0.4) is 0 Å². The Hall–Kier alpha value is -1.83. The number of carbonyl (C=O) groups is 3. The van der Waals surface area contributed by atoms with Crippen molar-refractivity contribution in [3.8, 4) is 0 Å². The molecule has 0 heterocycles. The van der Waals surface area contributed by atoms with Crippen LogP contribution in [-0.4, -0.2) is 55.5 Å². The topological polar surface area (TPSA) is 103 Å². The number of esters is 1. The van der Waals surface area contributed by atoms with Crippen LogP contribution in [-0.2, 0) is 23.8 Å². The zero-order chi connectivity index (χ0) is 21.2. The summed E-state index contributed by atoms with van der Waals surface area (Å²) in [4.78, 5) is 36.4. The van der Waals surface area contributed by atoms with Crippen LogP contribution in [0.2, 0.25) is 0 Å². The molecule has 0 aromatic heterocycles. The first-order chi connectivity index (χ1) is 12.3. The average Bonchev–Trinajstić information content (AvgIpc) is 2.48. The second-order valence-corrected chi connectivity index (χ2v) is 8.38. The molecule has 0 rings (SSSR count). The summed E-state index contributed by atoms with van der Waals surface area (Å²) in [5.41, 5.74) is -0.672. The molecule has 0 radical (unpaired) electrons. The van der Waals surface area contributed by atoms with Gasteiger partial charge in [0.05, 0.1) is 13.2 Å². The van der Waals surface area contributed by atoms with E-state index in [2.05, 4.69) is 10.6 Å². The quantitative estimate of drug-likeness (QED) is 0.557. The van der Waals surface area contributed by atoms with Crippen LogP contribution in [0.5, 0.6) is 0 Å². The number of rotatable bonds is 10. The second-order valence-electron chi connectivity index (χ2n) is 8.38. The zero-order valence-corrected chi connectivity index (χ0v) is 17.9. The van der Waals surface area contributed by atoms with Gasteiger partial charge in [-0.1, -0.05) is 27.7 Å². The molecule has 0 aromatic rings. The molecule has 8 heteroatoms. The van der Waals surface area contributed by atoms with Crippen molar-refractivity contribution in [2.45, 2.75) is 73.1 Å². The molecule has 2 atom stereocenters. The molecule has 0 aliphatic heterocycles. The third kappa shape index (κ3) is 13.1. The Bertz CT molecular complexity index is 485. The summed E-state index contributed by atoms with van der Waals surface area (Å²) in [6, 6.07) is -1.83. The predicted octanol–water partition coefficient (Wildman–Crippen LogP) is 2.26. The minimum absolute atomic E-state index is 0.00000606. The second kappa shape index (κ2) is 11.8. The van der Waals surface area contributed by atoms with E-state index in [1.807, 2.05) is 27.7 Å². The van der Waals surface area contributed by atoms with Crippen LogP contribution in [0.4, 0.5) is 4.79 Å². The van der Waals surface area contributed by atoms with Gasteiger partial charge in [-0.15, -0.1) is 0 Å². The molecule has 8 nitrogen and oxygen atoms in total. The van der Waals surface area contributed by atoms with Crippen molar-refractivity contribution in [3.05, 3.63) is 0 Å². The number of carbonyl (C=O) groups excluding carboxylic acids is 3. The minimum Gasteiger partial charge on any atom is -0.464 e. The molecule has 0 aromatic carbocycles. The maximum absolute atomic E-state index is 12.3. The number of hydrogen-bond donors (Lipinski definition) is 2. The van der Waals surface area contributed by atoms with Gasteiger partial charge in [-0.2, -0.15) is 0 Å². The van der Waals surface area contributed by atoms with Gasteiger partial charge in [0.1, 0.15) is 11.6 Å². The van der Waals surface area contributed by atoms with Gasteiger partial charge in [0.25, 0.3) is 0 Å². The van der Waals surface area contributed by atoms with E-state index < -0.39 is 35.7 Å². The fourth-order valence-corrected chi connectivity index (χ4v) is 1.79. The lowest BCUT2D eigenvalue weighted by Gasteiger charge is -2.23. The van der Waals surface area contributed by atoms with E-state index in [0.717, 1.165) is 0 Å². The van der Waals surface area contributed by atoms with Crippen molar-refractivity contribution in [1.82, 2.24) is 10.6 Å². The van der Waals surface area contributed by atoms with Crippen LogP contribution >= 0.6 is 0 Å². The standard InChI is InChI=1S/C19H36N2O6/c1-12(2)9-25-11-15(17(23)26-10-13(3)4)21-16(22)14(5)20-18(24)27-19(6,7)8/h12-15H,9-11H2,1-8H3,(H,20,24)(H,21,22)/t14-,15?/m0/s1. The first kappa shape index (κ1) is 25.2. The minimum atomic E-state index is -0.946. The highest BCUT2D eigenvalue weighted by atomic mass is 16.6. The largest absolute Gasteiger partial charge is 0.464 e. The highest BCUT2D eigenvalue weighted by molar-refractivity contribution is 5.89. The number of hydrogen-bond acceptors (Lipinski definition) is 6. The van der Waals surface area contributed by atoms with E-state index in [1.165, 1.54) is 6.92 Å². The van der Waals surface area contributed by atoms with Crippen molar-refractivity contribution in [3.63, 3.8) is 0 Å². The Morgan fingerprint density at radius 3 is 1.89 bits per heavy atom. The summed E-state index contributed by atoms with van der Waals surface area (Å²) in [6.45, 7) is 15.2. The van der Waals surface area contributed by atoms with Gasteiger partial charge >= 0.3 is 12.1 Å². The fourth-order valence-electron chi connectivity index (χ4n) is 1.79. The summed E-state index contributed by atoms with van der Waals surface area (Å²) < 4.78 is 15.8. The Balaban J connectivity index is 4.77. The van der Waals surface area contributed by atoms with Crippen LogP contribution in [0.15, 0.2) is 0 Å². The lowest BCUT2D eigenvalue weighted by Crippen LogP contribution is -2.53. The molecular weight excluding hydrogens is 352 g/mol. The Labute approximate surface area is 162 Å². The fraction of sp³-hybridized carbons (Fsp3) is 0.842. The molecule has 2 N–H and O–H groups in total. The summed E-state index contributed by atoms with van der Waals surface area (Å²) >= 11 is 0. The Morgan fingerprint density at radius 2 is 1.41 bits per heavy atom. The van der Waals surface area contributed by atoms with Crippen LogP contribution in [0.25, 0.3) is 0 Å². The van der Waals surface area contributed by atoms with Gasteiger partial charge in [0, 0.05) is 6.61 Å². The van der Waals surface area contributed by atoms with Crippen molar-refractivity contribution in [2.24, 2.45) is 11.8 Å². The summed E-state index contributed by atoms with van der Waals surface area (Å²) in [5, 5.41) is 5.01. The predicted molar refractivity (Wildman–Crippen MR) is 102 cm³/mol. The Morgan fingerprint density at radius 1 is 0.852 bits per heavy atom. The summed E-state index contributed by atoms with van der Waals surface area (Å²) in [6.07, 6.45) is -0.708. The third-order valence-corrected chi connectivity index (χ3v) is 3.02. The maximum atomic E-state index is 12.3. The molecule has 2 amide bonds. The van der Waals surface area contributed by atoms with Crippen LogP contribution < -0.4 is 10.6 Å². The molecule has 0 saturated heterocycles. The van der Waals surface area contributed by atoms with E-state index in [4.69, 9.17) is 14.2 Å². The molecule has 27 heavy (non-hydrogen) atoms. The summed E-state index contributed by atoms with van der Waals surface area (Å²) in [7, 11) is 0. The van der Waals surface area contributed by atoms with E-state index in [9.17, 15) is 14.4 Å². The molecule has 0 aliphatic carbocycles. The number of ether oxygens (including phenoxy) is 3. The van der Waals surface area contributed by atoms with E-state index in [0.29, 0.717) is 12.5 Å². The van der Waals surface area contributed by atoms with E-state index in [1.54, 1.807) is 20.8 Å². The highest BCUT2D eigenvalue weighted by Crippen LogP contribution is 2.07. The monoisotopic (exact) mass is 388 g/mol. The van der Waals surface area contributed by atoms with Crippen molar-refractivity contribution in [2.75, 3.05) is 19.8 Å². The average molecular weight is 389 g/mol. The number of alkyl carbamates (subject to hydrolysis) is 1. The van der Waals surface area contributed by atoms with Crippen molar-refractivity contribution in [1.29, 1.82) is 0 Å². The van der Waals surface area contributed by atoms with Crippen molar-refractivity contribution >= 4 is 18.0 Å². The maximum Gasteiger partial charge on any atom is 0.408 e. The molecule has 158 valence electrons. The van der Waals surface area contributed by atoms with Crippen LogP contribution in [0, 0.1) is 11.8 Å². The van der Waals surface area contributed by atoms with E-state index in [-0.39, 0.29) is 19.1 Å².